The Bertz CT molecular complexity index is 754. The highest BCUT2D eigenvalue weighted by atomic mass is 35.5. The number of aromatic nitrogens is 2. The first-order valence-corrected chi connectivity index (χ1v) is 6.60. The molecule has 2 heterocycles. The van der Waals surface area contributed by atoms with Gasteiger partial charge in [0.25, 0.3) is 0 Å². The Hall–Kier alpha value is -2.04. The van der Waals surface area contributed by atoms with E-state index in [2.05, 4.69) is 5.10 Å². The Morgan fingerprint density at radius 2 is 2.15 bits per heavy atom. The Morgan fingerprint density at radius 3 is 2.95 bits per heavy atom. The highest BCUT2D eigenvalue weighted by Gasteiger charge is 2.15. The molecule has 0 saturated heterocycles. The van der Waals surface area contributed by atoms with Crippen molar-refractivity contribution in [1.82, 2.24) is 9.61 Å². The van der Waals surface area contributed by atoms with Gasteiger partial charge in [-0.3, -0.25) is 0 Å². The third-order valence-corrected chi connectivity index (χ3v) is 3.64. The molecule has 4 nitrogen and oxygen atoms in total. The van der Waals surface area contributed by atoms with Gasteiger partial charge in [0.2, 0.25) is 0 Å². The van der Waals surface area contributed by atoms with E-state index >= 15 is 0 Å². The van der Waals surface area contributed by atoms with Gasteiger partial charge in [0.1, 0.15) is 5.75 Å². The molecule has 0 aliphatic heterocycles. The lowest BCUT2D eigenvalue weighted by atomic mass is 10.0. The van der Waals surface area contributed by atoms with E-state index in [0.29, 0.717) is 10.8 Å². The first-order chi connectivity index (χ1) is 9.70. The van der Waals surface area contributed by atoms with E-state index in [-0.39, 0.29) is 6.04 Å². The summed E-state index contributed by atoms with van der Waals surface area (Å²) in [5.41, 5.74) is 9.25. The van der Waals surface area contributed by atoms with Crippen LogP contribution in [0.25, 0.3) is 5.52 Å². The van der Waals surface area contributed by atoms with Crippen LogP contribution < -0.4 is 10.5 Å². The Morgan fingerprint density at radius 1 is 1.30 bits per heavy atom. The second-order valence-electron chi connectivity index (χ2n) is 4.50. The number of nitrogens with two attached hydrogens (primary N) is 1. The van der Waals surface area contributed by atoms with E-state index in [1.807, 2.05) is 41.0 Å². The van der Waals surface area contributed by atoms with Gasteiger partial charge in [-0.2, -0.15) is 5.10 Å². The molecule has 0 aliphatic rings. The molecule has 102 valence electrons. The second kappa shape index (κ2) is 5.15. The molecule has 1 unspecified atom stereocenters. The molecule has 0 bridgehead atoms. The van der Waals surface area contributed by atoms with Gasteiger partial charge < -0.3 is 10.5 Å². The summed E-state index contributed by atoms with van der Waals surface area (Å²) in [4.78, 5) is 0. The molecular weight excluding hydrogens is 274 g/mol. The molecule has 0 radical (unpaired) electrons. The van der Waals surface area contributed by atoms with Crippen molar-refractivity contribution in [2.45, 2.75) is 6.04 Å². The minimum Gasteiger partial charge on any atom is -0.495 e. The van der Waals surface area contributed by atoms with Crippen molar-refractivity contribution in [2.75, 3.05) is 7.11 Å². The molecule has 1 atom stereocenters. The predicted octanol–water partition coefficient (Wildman–Crippen LogP) is 3.04. The zero-order valence-electron chi connectivity index (χ0n) is 11.0. The maximum absolute atomic E-state index is 6.35. The number of hydrogen-bond acceptors (Lipinski definition) is 3. The number of rotatable bonds is 3. The van der Waals surface area contributed by atoms with Crippen LogP contribution in [-0.4, -0.2) is 16.7 Å². The molecule has 3 rings (SSSR count). The van der Waals surface area contributed by atoms with Crippen molar-refractivity contribution in [3.63, 3.8) is 0 Å². The number of fused-ring (bicyclic) bond motifs is 1. The van der Waals surface area contributed by atoms with Crippen LogP contribution in [0, 0.1) is 0 Å². The molecule has 2 N–H and O–H groups in total. The molecule has 20 heavy (non-hydrogen) atoms. The molecule has 0 spiro atoms. The number of halogens is 1. The summed E-state index contributed by atoms with van der Waals surface area (Å²) in [6.45, 7) is 0. The quantitative estimate of drug-likeness (QED) is 0.805. The van der Waals surface area contributed by atoms with Crippen molar-refractivity contribution in [1.29, 1.82) is 0 Å². The SMILES string of the molecule is COc1cc(C(N)c2cnn3ccccc23)ccc1Cl. The minimum atomic E-state index is -0.277. The van der Waals surface area contributed by atoms with Crippen LogP contribution in [-0.2, 0) is 0 Å². The number of pyridine rings is 1. The number of benzene rings is 1. The van der Waals surface area contributed by atoms with Crippen molar-refractivity contribution in [3.8, 4) is 5.75 Å². The minimum absolute atomic E-state index is 0.277. The van der Waals surface area contributed by atoms with Gasteiger partial charge in [-0.05, 0) is 29.8 Å². The van der Waals surface area contributed by atoms with Gasteiger partial charge in [0.05, 0.1) is 29.9 Å². The van der Waals surface area contributed by atoms with Gasteiger partial charge >= 0.3 is 0 Å². The van der Waals surface area contributed by atoms with Crippen LogP contribution >= 0.6 is 11.6 Å². The summed E-state index contributed by atoms with van der Waals surface area (Å²) in [6, 6.07) is 11.2. The fourth-order valence-electron chi connectivity index (χ4n) is 2.24. The summed E-state index contributed by atoms with van der Waals surface area (Å²) in [5.74, 6) is 0.621. The van der Waals surface area contributed by atoms with Crippen LogP contribution in [0.2, 0.25) is 5.02 Å². The summed E-state index contributed by atoms with van der Waals surface area (Å²) >= 11 is 6.04. The van der Waals surface area contributed by atoms with Crippen molar-refractivity contribution >= 4 is 17.1 Å². The average molecular weight is 288 g/mol. The van der Waals surface area contributed by atoms with Crippen LogP contribution in [0.5, 0.6) is 5.75 Å². The van der Waals surface area contributed by atoms with Gasteiger partial charge in [-0.1, -0.05) is 23.7 Å². The first-order valence-electron chi connectivity index (χ1n) is 6.22. The first kappa shape index (κ1) is 13.0. The highest BCUT2D eigenvalue weighted by molar-refractivity contribution is 6.32. The average Bonchev–Trinajstić information content (AvgIpc) is 2.91. The normalized spacial score (nSPS) is 12.6. The van der Waals surface area contributed by atoms with Crippen LogP contribution in [0.1, 0.15) is 17.2 Å². The Labute approximate surface area is 121 Å². The van der Waals surface area contributed by atoms with Gasteiger partial charge in [0, 0.05) is 11.8 Å². The monoisotopic (exact) mass is 287 g/mol. The zero-order valence-corrected chi connectivity index (χ0v) is 11.7. The van der Waals surface area contributed by atoms with E-state index in [0.717, 1.165) is 16.6 Å². The fraction of sp³-hybridized carbons (Fsp3) is 0.133. The topological polar surface area (TPSA) is 52.5 Å². The third kappa shape index (κ3) is 2.13. The smallest absolute Gasteiger partial charge is 0.137 e. The summed E-state index contributed by atoms with van der Waals surface area (Å²) < 4.78 is 7.04. The van der Waals surface area contributed by atoms with Gasteiger partial charge in [-0.15, -0.1) is 0 Å². The predicted molar refractivity (Wildman–Crippen MR) is 79.2 cm³/mol. The van der Waals surface area contributed by atoms with E-state index in [1.54, 1.807) is 19.4 Å². The third-order valence-electron chi connectivity index (χ3n) is 3.33. The molecule has 0 fully saturated rings. The fourth-order valence-corrected chi connectivity index (χ4v) is 2.44. The van der Waals surface area contributed by atoms with Crippen molar-refractivity contribution < 1.29 is 4.74 Å². The van der Waals surface area contributed by atoms with Gasteiger partial charge in [0.15, 0.2) is 0 Å². The lowest BCUT2D eigenvalue weighted by molar-refractivity contribution is 0.414. The van der Waals surface area contributed by atoms with E-state index < -0.39 is 0 Å². The number of ether oxygens (including phenoxy) is 1. The highest BCUT2D eigenvalue weighted by Crippen LogP contribution is 2.30. The largest absolute Gasteiger partial charge is 0.495 e. The maximum Gasteiger partial charge on any atom is 0.137 e. The van der Waals surface area contributed by atoms with Crippen molar-refractivity contribution in [2.24, 2.45) is 5.73 Å². The molecule has 5 heteroatoms. The lowest BCUT2D eigenvalue weighted by Crippen LogP contribution is -2.11. The van der Waals surface area contributed by atoms with Gasteiger partial charge in [-0.25, -0.2) is 4.52 Å². The molecule has 2 aromatic heterocycles. The van der Waals surface area contributed by atoms with E-state index in [1.165, 1.54) is 0 Å². The molecule has 0 aliphatic carbocycles. The van der Waals surface area contributed by atoms with Crippen molar-refractivity contribution in [3.05, 3.63) is 64.9 Å². The number of hydrogen-bond donors (Lipinski definition) is 1. The molecular formula is C15H14ClN3O. The Balaban J connectivity index is 2.06. The molecule has 0 amide bonds. The molecule has 0 saturated carbocycles. The number of nitrogens with zero attached hydrogens (tertiary/aromatic N) is 2. The molecule has 1 aromatic carbocycles. The van der Waals surface area contributed by atoms with E-state index in [9.17, 15) is 0 Å². The number of methoxy groups -OCH3 is 1. The Kier molecular flexibility index (Phi) is 3.34. The summed E-state index contributed by atoms with van der Waals surface area (Å²) in [6.07, 6.45) is 3.69. The van der Waals surface area contributed by atoms with E-state index in [4.69, 9.17) is 22.1 Å². The molecule has 3 aromatic rings. The second-order valence-corrected chi connectivity index (χ2v) is 4.91. The lowest BCUT2D eigenvalue weighted by Gasteiger charge is -2.13. The maximum atomic E-state index is 6.35. The zero-order chi connectivity index (χ0) is 14.1. The van der Waals surface area contributed by atoms with Crippen LogP contribution in [0.15, 0.2) is 48.8 Å². The summed E-state index contributed by atoms with van der Waals surface area (Å²) in [7, 11) is 1.59. The van der Waals surface area contributed by atoms with Crippen LogP contribution in [0.3, 0.4) is 0 Å². The van der Waals surface area contributed by atoms with Crippen LogP contribution in [0.4, 0.5) is 0 Å². The standard InChI is InChI=1S/C15H14ClN3O/c1-20-14-8-10(5-6-12(14)16)15(17)11-9-18-19-7-3-2-4-13(11)19/h2-9,15H,17H2,1H3. The summed E-state index contributed by atoms with van der Waals surface area (Å²) in [5, 5.41) is 4.88.